The molecule has 1 aliphatic heterocycles. The van der Waals surface area contributed by atoms with Crippen molar-refractivity contribution in [3.8, 4) is 0 Å². The molecule has 9 heteroatoms. The normalized spacial score (nSPS) is 18.6. The van der Waals surface area contributed by atoms with E-state index in [0.717, 1.165) is 5.56 Å². The van der Waals surface area contributed by atoms with E-state index in [9.17, 15) is 13.2 Å². The Kier molecular flexibility index (Phi) is 8.53. The molecule has 164 valence electrons. The fraction of sp³-hybridized carbons (Fsp3) is 0.600. The highest BCUT2D eigenvalue weighted by molar-refractivity contribution is 14.0. The first kappa shape index (κ1) is 25.7. The molecule has 1 fully saturated rings. The Hall–Kier alpha value is -1.36. The molecule has 1 heterocycles. The van der Waals surface area contributed by atoms with Gasteiger partial charge in [-0.15, -0.1) is 24.0 Å². The number of rotatable bonds is 3. The molecule has 0 spiro atoms. The summed E-state index contributed by atoms with van der Waals surface area (Å²) in [7, 11) is -1.42. The van der Waals surface area contributed by atoms with Gasteiger partial charge in [0, 0.05) is 37.8 Å². The van der Waals surface area contributed by atoms with Gasteiger partial charge in [0.1, 0.15) is 0 Å². The molecule has 1 aromatic carbocycles. The largest absolute Gasteiger partial charge is 0.352 e. The number of amides is 1. The van der Waals surface area contributed by atoms with E-state index in [0.29, 0.717) is 31.2 Å². The van der Waals surface area contributed by atoms with Crippen molar-refractivity contribution < 1.29 is 13.2 Å². The number of halogens is 1. The lowest BCUT2D eigenvalue weighted by molar-refractivity contribution is 0.0919. The van der Waals surface area contributed by atoms with E-state index >= 15 is 0 Å². The number of sulfone groups is 1. The lowest BCUT2D eigenvalue weighted by atomic mass is 10.1. The Bertz CT molecular complexity index is 861. The van der Waals surface area contributed by atoms with Gasteiger partial charge in [-0.3, -0.25) is 9.79 Å². The number of hydrogen-bond acceptors (Lipinski definition) is 4. The van der Waals surface area contributed by atoms with Crippen LogP contribution in [0.25, 0.3) is 0 Å². The first-order valence-electron chi connectivity index (χ1n) is 9.44. The number of hydrogen-bond donors (Lipinski definition) is 2. The molecule has 1 aliphatic rings. The second kappa shape index (κ2) is 9.63. The summed E-state index contributed by atoms with van der Waals surface area (Å²) in [6, 6.07) is 7.44. The zero-order valence-electron chi connectivity index (χ0n) is 18.1. The van der Waals surface area contributed by atoms with Gasteiger partial charge in [-0.1, -0.05) is 12.1 Å². The van der Waals surface area contributed by atoms with E-state index in [1.54, 1.807) is 27.0 Å². The van der Waals surface area contributed by atoms with Crippen LogP contribution in [0.2, 0.25) is 0 Å². The van der Waals surface area contributed by atoms with Gasteiger partial charge < -0.3 is 15.5 Å². The smallest absolute Gasteiger partial charge is 0.251 e. The number of nitrogens with zero attached hydrogens (tertiary/aromatic N) is 2. The molecule has 0 bridgehead atoms. The van der Waals surface area contributed by atoms with E-state index in [1.807, 2.05) is 43.9 Å². The molecule has 2 N–H and O–H groups in total. The summed E-state index contributed by atoms with van der Waals surface area (Å²) in [5.41, 5.74) is 1.26. The highest BCUT2D eigenvalue weighted by Crippen LogP contribution is 2.23. The van der Waals surface area contributed by atoms with Crippen molar-refractivity contribution in [1.29, 1.82) is 0 Å². The average Bonchev–Trinajstić information content (AvgIpc) is 2.57. The third-order valence-corrected chi connectivity index (χ3v) is 7.22. The minimum Gasteiger partial charge on any atom is -0.352 e. The summed E-state index contributed by atoms with van der Waals surface area (Å²) in [5.74, 6) is 0.664. The molecule has 0 aliphatic carbocycles. The Morgan fingerprint density at radius 3 is 2.48 bits per heavy atom. The van der Waals surface area contributed by atoms with Crippen LogP contribution in [0.1, 0.15) is 50.5 Å². The van der Waals surface area contributed by atoms with Crippen LogP contribution < -0.4 is 10.6 Å². The Labute approximate surface area is 191 Å². The maximum Gasteiger partial charge on any atom is 0.251 e. The topological polar surface area (TPSA) is 90.9 Å². The third-order valence-electron chi connectivity index (χ3n) is 4.68. The molecule has 1 amide bonds. The van der Waals surface area contributed by atoms with Gasteiger partial charge in [0.15, 0.2) is 15.8 Å². The highest BCUT2D eigenvalue weighted by Gasteiger charge is 2.40. The quantitative estimate of drug-likeness (QED) is 0.352. The van der Waals surface area contributed by atoms with E-state index in [1.165, 1.54) is 0 Å². The van der Waals surface area contributed by atoms with E-state index in [2.05, 4.69) is 15.6 Å². The van der Waals surface area contributed by atoms with E-state index in [-0.39, 0.29) is 41.2 Å². The second-order valence-corrected chi connectivity index (χ2v) is 11.5. The van der Waals surface area contributed by atoms with Crippen molar-refractivity contribution in [2.45, 2.75) is 51.4 Å². The first-order valence-corrected chi connectivity index (χ1v) is 11.1. The van der Waals surface area contributed by atoms with Gasteiger partial charge in [0.25, 0.3) is 5.91 Å². The number of carbonyl (C=O) groups excluding carboxylic acids is 1. The van der Waals surface area contributed by atoms with Gasteiger partial charge in [-0.05, 0) is 52.3 Å². The van der Waals surface area contributed by atoms with Crippen LogP contribution in [0.15, 0.2) is 29.3 Å². The second-order valence-electron chi connectivity index (χ2n) is 8.81. The minimum atomic E-state index is -3.10. The van der Waals surface area contributed by atoms with Crippen molar-refractivity contribution in [2.24, 2.45) is 4.99 Å². The molecule has 29 heavy (non-hydrogen) atoms. The molecule has 7 nitrogen and oxygen atoms in total. The minimum absolute atomic E-state index is 0. The maximum absolute atomic E-state index is 12.4. The fourth-order valence-electron chi connectivity index (χ4n) is 3.07. The van der Waals surface area contributed by atoms with Crippen LogP contribution in [0.3, 0.4) is 0 Å². The lowest BCUT2D eigenvalue weighted by Gasteiger charge is -2.39. The Morgan fingerprint density at radius 2 is 1.93 bits per heavy atom. The van der Waals surface area contributed by atoms with Gasteiger partial charge in [0.2, 0.25) is 0 Å². The van der Waals surface area contributed by atoms with E-state index < -0.39 is 14.6 Å². The van der Waals surface area contributed by atoms with E-state index in [4.69, 9.17) is 0 Å². The number of guanidine groups is 1. The predicted molar refractivity (Wildman–Crippen MR) is 129 cm³/mol. The van der Waals surface area contributed by atoms with Crippen molar-refractivity contribution in [1.82, 2.24) is 15.5 Å². The molecule has 1 aromatic rings. The Morgan fingerprint density at radius 1 is 1.28 bits per heavy atom. The molecule has 2 rings (SSSR count). The van der Waals surface area contributed by atoms with Crippen LogP contribution in [0.4, 0.5) is 0 Å². The van der Waals surface area contributed by atoms with Gasteiger partial charge in [0.05, 0.1) is 10.5 Å². The molecule has 0 radical (unpaired) electrons. The average molecular weight is 536 g/mol. The monoisotopic (exact) mass is 536 g/mol. The summed E-state index contributed by atoms with van der Waals surface area (Å²) < 4.78 is 23.6. The molecule has 0 atom stereocenters. The van der Waals surface area contributed by atoms with Crippen LogP contribution in [-0.4, -0.2) is 61.4 Å². The molecule has 1 saturated heterocycles. The van der Waals surface area contributed by atoms with Crippen LogP contribution in [0, 0.1) is 0 Å². The van der Waals surface area contributed by atoms with Gasteiger partial charge >= 0.3 is 0 Å². The van der Waals surface area contributed by atoms with Crippen molar-refractivity contribution >= 4 is 45.7 Å². The lowest BCUT2D eigenvalue weighted by Crippen LogP contribution is -2.57. The highest BCUT2D eigenvalue weighted by atomic mass is 127. The van der Waals surface area contributed by atoms with Gasteiger partial charge in [-0.2, -0.15) is 0 Å². The fourth-order valence-corrected chi connectivity index (χ4v) is 4.44. The summed E-state index contributed by atoms with van der Waals surface area (Å²) in [6.07, 6.45) is 0. The zero-order valence-corrected chi connectivity index (χ0v) is 21.2. The Balaban J connectivity index is 0.00000420. The van der Waals surface area contributed by atoms with Gasteiger partial charge in [-0.25, -0.2) is 8.42 Å². The number of carbonyl (C=O) groups is 1. The van der Waals surface area contributed by atoms with Crippen molar-refractivity contribution in [3.63, 3.8) is 0 Å². The summed E-state index contributed by atoms with van der Waals surface area (Å²) in [5, 5.41) is 6.24. The maximum atomic E-state index is 12.4. The number of nitrogens with one attached hydrogen (secondary N) is 2. The van der Waals surface area contributed by atoms with Crippen LogP contribution in [0.5, 0.6) is 0 Å². The van der Waals surface area contributed by atoms with Crippen molar-refractivity contribution in [3.05, 3.63) is 35.4 Å². The summed E-state index contributed by atoms with van der Waals surface area (Å²) >= 11 is 0. The molecular weight excluding hydrogens is 503 g/mol. The summed E-state index contributed by atoms with van der Waals surface area (Å²) in [6.45, 7) is 10.6. The number of aliphatic imine (C=N–C) groups is 1. The number of benzene rings is 1. The van der Waals surface area contributed by atoms with Crippen LogP contribution in [-0.2, 0) is 16.4 Å². The molecule has 0 saturated carbocycles. The predicted octanol–water partition coefficient (Wildman–Crippen LogP) is 2.42. The molecule has 0 unspecified atom stereocenters. The SMILES string of the molecule is CN=C(NCc1cccc(C(=O)NC(C)(C)C)c1)N1CCS(=O)(=O)C(C)(C)C1.I. The molecule has 0 aromatic heterocycles. The molecular formula is C20H33IN4O3S. The van der Waals surface area contributed by atoms with Crippen LogP contribution >= 0.6 is 24.0 Å². The standard InChI is InChI=1S/C20H32N4O3S.HI/c1-19(2,3)23-17(25)16-9-7-8-15(12-16)13-22-18(21-6)24-10-11-28(26,27)20(4,5)14-24;/h7-9,12H,10-11,13-14H2,1-6H3,(H,21,22)(H,23,25);1H. The third kappa shape index (κ3) is 6.84. The van der Waals surface area contributed by atoms with Crippen molar-refractivity contribution in [2.75, 3.05) is 25.9 Å². The zero-order chi connectivity index (χ0) is 21.2. The summed E-state index contributed by atoms with van der Waals surface area (Å²) in [4.78, 5) is 18.6. The first-order chi connectivity index (χ1) is 12.8.